The van der Waals surface area contributed by atoms with Crippen molar-refractivity contribution in [2.45, 2.75) is 18.4 Å². The molecule has 12 nitrogen and oxygen atoms in total. The number of nitrogens with zero attached hydrogens (tertiary/aromatic N) is 7. The third-order valence-corrected chi connectivity index (χ3v) is 6.70. The summed E-state index contributed by atoms with van der Waals surface area (Å²) in [4.78, 5) is 28.5. The lowest BCUT2D eigenvalue weighted by molar-refractivity contribution is -0.166. The summed E-state index contributed by atoms with van der Waals surface area (Å²) in [6.07, 6.45) is -4.70. The lowest BCUT2D eigenvalue weighted by Crippen LogP contribution is -2.30. The Labute approximate surface area is 248 Å². The van der Waals surface area contributed by atoms with E-state index in [0.29, 0.717) is 33.9 Å². The van der Waals surface area contributed by atoms with Gasteiger partial charge in [0.1, 0.15) is 5.82 Å². The van der Waals surface area contributed by atoms with Crippen molar-refractivity contribution < 1.29 is 27.5 Å². The molecule has 1 aliphatic heterocycles. The molecule has 1 aliphatic rings. The predicted octanol–water partition coefficient (Wildman–Crippen LogP) is 6.60. The zero-order valence-electron chi connectivity index (χ0n) is 23.1. The van der Waals surface area contributed by atoms with Gasteiger partial charge in [-0.3, -0.25) is 14.3 Å². The quantitative estimate of drug-likeness (QED) is 0.0856. The summed E-state index contributed by atoms with van der Waals surface area (Å²) in [5.41, 5.74) is 8.35. The number of hydrogen-bond donors (Lipinski definition) is 2. The van der Waals surface area contributed by atoms with Crippen LogP contribution in [0.15, 0.2) is 94.2 Å². The number of amides is 2. The smallest absolute Gasteiger partial charge is 0.377 e. The van der Waals surface area contributed by atoms with Crippen LogP contribution in [0.1, 0.15) is 31.8 Å². The van der Waals surface area contributed by atoms with Crippen LogP contribution >= 0.6 is 0 Å². The van der Waals surface area contributed by atoms with Crippen LogP contribution in [0.4, 0.5) is 24.7 Å². The van der Waals surface area contributed by atoms with Gasteiger partial charge in [-0.15, -0.1) is 10.2 Å². The summed E-state index contributed by atoms with van der Waals surface area (Å²) in [7, 11) is 1.61. The van der Waals surface area contributed by atoms with E-state index in [4.69, 9.17) is 10.3 Å². The van der Waals surface area contributed by atoms with Crippen LogP contribution in [0.25, 0.3) is 21.7 Å². The number of aromatic nitrogens is 2. The number of anilines is 2. The Morgan fingerprint density at radius 2 is 1.75 bits per heavy atom. The molecule has 0 bridgehead atoms. The van der Waals surface area contributed by atoms with Crippen LogP contribution in [-0.4, -0.2) is 40.9 Å². The van der Waals surface area contributed by atoms with Gasteiger partial charge in [-0.1, -0.05) is 47.6 Å². The van der Waals surface area contributed by atoms with Gasteiger partial charge >= 0.3 is 11.8 Å². The van der Waals surface area contributed by atoms with E-state index in [1.165, 1.54) is 22.9 Å². The van der Waals surface area contributed by atoms with Crippen molar-refractivity contribution >= 4 is 23.3 Å². The van der Waals surface area contributed by atoms with Gasteiger partial charge in [-0.2, -0.15) is 18.3 Å². The SMILES string of the molecule is Cn1nc(-c2ccc(NC(=O)c3ccccc3COCCN=[N+]=[N-])cc2)cc1NC(=O)c1cccc(C2(C(F)(F)F)N=N2)c1. The zero-order valence-corrected chi connectivity index (χ0v) is 23.1. The van der Waals surface area contributed by atoms with Crippen molar-refractivity contribution in [3.63, 3.8) is 0 Å². The molecule has 0 saturated heterocycles. The van der Waals surface area contributed by atoms with Crippen molar-refractivity contribution in [2.24, 2.45) is 22.4 Å². The summed E-state index contributed by atoms with van der Waals surface area (Å²) in [5, 5.41) is 19.7. The number of carbonyl (C=O) groups is 2. The minimum Gasteiger partial charge on any atom is -0.377 e. The Kier molecular flexibility index (Phi) is 8.42. The highest BCUT2D eigenvalue weighted by Gasteiger charge is 2.65. The predicted molar refractivity (Wildman–Crippen MR) is 154 cm³/mol. The Morgan fingerprint density at radius 3 is 2.45 bits per heavy atom. The lowest BCUT2D eigenvalue weighted by Gasteiger charge is -2.15. The van der Waals surface area contributed by atoms with E-state index in [1.54, 1.807) is 61.6 Å². The van der Waals surface area contributed by atoms with E-state index in [9.17, 15) is 22.8 Å². The van der Waals surface area contributed by atoms with Crippen molar-refractivity contribution in [3.8, 4) is 11.3 Å². The standard InChI is InChI=1S/C29H24F3N9O3/c1-41-25(36-26(42)19-6-4-7-21(15-19)28(38-39-28)29(30,31)32)16-24(37-41)18-9-11-22(12-10-18)35-27(43)23-8-3-2-5-20(23)17-44-14-13-34-40-33/h2-12,15-16H,13-14,17H2,1H3,(H,35,43)(H,36,42). The number of ether oxygens (including phenoxy) is 1. The number of alkyl halides is 3. The Hall–Kier alpha value is -5.53. The Balaban J connectivity index is 1.23. The number of rotatable bonds is 11. The number of azide groups is 1. The van der Waals surface area contributed by atoms with E-state index >= 15 is 0 Å². The van der Waals surface area contributed by atoms with E-state index in [-0.39, 0.29) is 36.8 Å². The van der Waals surface area contributed by atoms with Crippen LogP contribution in [0.3, 0.4) is 0 Å². The van der Waals surface area contributed by atoms with Gasteiger partial charge < -0.3 is 15.4 Å². The van der Waals surface area contributed by atoms with Crippen LogP contribution in [-0.2, 0) is 24.1 Å². The van der Waals surface area contributed by atoms with Gasteiger partial charge in [0.2, 0.25) is 0 Å². The maximum Gasteiger partial charge on any atom is 0.442 e. The summed E-state index contributed by atoms with van der Waals surface area (Å²) < 4.78 is 47.1. The normalized spacial score (nSPS) is 13.2. The minimum atomic E-state index is -4.70. The molecule has 5 rings (SSSR count). The molecule has 0 radical (unpaired) electrons. The van der Waals surface area contributed by atoms with Gasteiger partial charge in [0, 0.05) is 52.5 Å². The largest absolute Gasteiger partial charge is 0.442 e. The van der Waals surface area contributed by atoms with E-state index < -0.39 is 17.7 Å². The summed E-state index contributed by atoms with van der Waals surface area (Å²) in [6.45, 7) is 0.589. The molecule has 0 aliphatic carbocycles. The molecule has 0 fully saturated rings. The molecule has 0 saturated carbocycles. The number of carbonyl (C=O) groups excluding carboxylic acids is 2. The van der Waals surface area contributed by atoms with Gasteiger partial charge in [-0.05, 0) is 41.4 Å². The fourth-order valence-corrected chi connectivity index (χ4v) is 4.36. The van der Waals surface area contributed by atoms with Crippen molar-refractivity contribution in [2.75, 3.05) is 23.8 Å². The molecule has 0 unspecified atom stereocenters. The van der Waals surface area contributed by atoms with E-state index in [2.05, 4.69) is 36.0 Å². The van der Waals surface area contributed by atoms with Crippen molar-refractivity contribution in [1.29, 1.82) is 0 Å². The molecule has 3 aromatic carbocycles. The first-order valence-electron chi connectivity index (χ1n) is 13.2. The molecule has 1 aromatic heterocycles. The monoisotopic (exact) mass is 603 g/mol. The average Bonchev–Trinajstić information content (AvgIpc) is 3.77. The fraction of sp³-hybridized carbons (Fsp3) is 0.207. The second-order valence-corrected chi connectivity index (χ2v) is 9.64. The number of aryl methyl sites for hydroxylation is 1. The molecule has 4 aromatic rings. The third-order valence-electron chi connectivity index (χ3n) is 6.70. The topological polar surface area (TPSA) is 159 Å². The molecule has 0 spiro atoms. The first kappa shape index (κ1) is 29.9. The molecule has 2 amide bonds. The highest BCUT2D eigenvalue weighted by atomic mass is 19.4. The van der Waals surface area contributed by atoms with Crippen LogP contribution < -0.4 is 10.6 Å². The number of nitrogens with one attached hydrogen (secondary N) is 2. The Morgan fingerprint density at radius 1 is 1.00 bits per heavy atom. The second kappa shape index (κ2) is 12.4. The maximum absolute atomic E-state index is 13.4. The fourth-order valence-electron chi connectivity index (χ4n) is 4.36. The number of benzene rings is 3. The molecule has 2 N–H and O–H groups in total. The summed E-state index contributed by atoms with van der Waals surface area (Å²) >= 11 is 0. The summed E-state index contributed by atoms with van der Waals surface area (Å²) in [5.74, 6) is -0.639. The van der Waals surface area contributed by atoms with Crippen LogP contribution in [0.2, 0.25) is 0 Å². The molecular formula is C29H24F3N9O3. The average molecular weight is 604 g/mol. The molecule has 224 valence electrons. The Bertz CT molecular complexity index is 1770. The molecular weight excluding hydrogens is 579 g/mol. The summed E-state index contributed by atoms with van der Waals surface area (Å²) in [6, 6.07) is 20.6. The van der Waals surface area contributed by atoms with Crippen molar-refractivity contribution in [3.05, 3.63) is 112 Å². The van der Waals surface area contributed by atoms with Crippen LogP contribution in [0, 0.1) is 0 Å². The molecule has 2 heterocycles. The first-order chi connectivity index (χ1) is 21.1. The van der Waals surface area contributed by atoms with E-state index in [0.717, 1.165) is 6.07 Å². The highest BCUT2D eigenvalue weighted by Crippen LogP contribution is 2.52. The van der Waals surface area contributed by atoms with Gasteiger partial charge in [-0.25, -0.2) is 0 Å². The first-order valence-corrected chi connectivity index (χ1v) is 13.2. The van der Waals surface area contributed by atoms with E-state index in [1.807, 2.05) is 0 Å². The minimum absolute atomic E-state index is 0.00700. The van der Waals surface area contributed by atoms with Gasteiger partial charge in [0.25, 0.3) is 11.8 Å². The van der Waals surface area contributed by atoms with Gasteiger partial charge in [0.15, 0.2) is 0 Å². The highest BCUT2D eigenvalue weighted by molar-refractivity contribution is 6.05. The third kappa shape index (κ3) is 6.43. The number of halogens is 3. The molecule has 15 heteroatoms. The number of hydrogen-bond acceptors (Lipinski definition) is 7. The molecule has 44 heavy (non-hydrogen) atoms. The lowest BCUT2D eigenvalue weighted by atomic mass is 10.00. The van der Waals surface area contributed by atoms with Crippen LogP contribution in [0.5, 0.6) is 0 Å². The molecule has 0 atom stereocenters. The zero-order chi connectivity index (χ0) is 31.3. The second-order valence-electron chi connectivity index (χ2n) is 9.64. The maximum atomic E-state index is 13.4. The van der Waals surface area contributed by atoms with Crippen molar-refractivity contribution in [1.82, 2.24) is 9.78 Å². The van der Waals surface area contributed by atoms with Gasteiger partial charge in [0.05, 0.1) is 18.9 Å².